The molecule has 0 atom stereocenters. The molecule has 1 aliphatic carbocycles. The molecule has 166 valence electrons. The Balaban J connectivity index is 1.58. The second kappa shape index (κ2) is 9.37. The van der Waals surface area contributed by atoms with Gasteiger partial charge in [-0.05, 0) is 44.4 Å². The van der Waals surface area contributed by atoms with Gasteiger partial charge in [-0.1, -0.05) is 31.4 Å². The Morgan fingerprint density at radius 1 is 1.23 bits per heavy atom. The van der Waals surface area contributed by atoms with Gasteiger partial charge in [0.25, 0.3) is 0 Å². The van der Waals surface area contributed by atoms with E-state index < -0.39 is 14.6 Å². The summed E-state index contributed by atoms with van der Waals surface area (Å²) in [6.45, 7) is 4.92. The van der Waals surface area contributed by atoms with E-state index in [1.54, 1.807) is 20.9 Å². The van der Waals surface area contributed by atoms with E-state index in [1.807, 2.05) is 29.2 Å². The van der Waals surface area contributed by atoms with Crippen LogP contribution in [0, 0.1) is 5.92 Å². The molecule has 30 heavy (non-hydrogen) atoms. The highest BCUT2D eigenvalue weighted by Gasteiger charge is 2.40. The van der Waals surface area contributed by atoms with Gasteiger partial charge < -0.3 is 15.5 Å². The number of sulfone groups is 1. The van der Waals surface area contributed by atoms with Crippen LogP contribution in [0.5, 0.6) is 0 Å². The minimum Gasteiger partial charge on any atom is -0.352 e. The van der Waals surface area contributed by atoms with Crippen molar-refractivity contribution in [3.63, 3.8) is 0 Å². The molecule has 2 fully saturated rings. The molecule has 0 spiro atoms. The number of anilines is 1. The molecule has 2 aliphatic rings. The third-order valence-electron chi connectivity index (χ3n) is 6.18. The van der Waals surface area contributed by atoms with Gasteiger partial charge in [-0.3, -0.25) is 9.79 Å². The molecule has 0 aromatic heterocycles. The molecule has 0 unspecified atom stereocenters. The second-order valence-corrected chi connectivity index (χ2v) is 11.7. The SMILES string of the molecule is CN=C(NCc1cccc(NC(=O)C2CCCCC2)c1)N1CCS(=O)(=O)C(C)(C)C1. The molecule has 2 N–H and O–H groups in total. The molecule has 0 bridgehead atoms. The topological polar surface area (TPSA) is 90.9 Å². The van der Waals surface area contributed by atoms with Gasteiger partial charge in [-0.2, -0.15) is 0 Å². The predicted molar refractivity (Wildman–Crippen MR) is 121 cm³/mol. The average Bonchev–Trinajstić information content (AvgIpc) is 2.72. The van der Waals surface area contributed by atoms with E-state index in [-0.39, 0.29) is 17.6 Å². The van der Waals surface area contributed by atoms with Crippen LogP contribution in [0.25, 0.3) is 0 Å². The van der Waals surface area contributed by atoms with Crippen LogP contribution in [-0.4, -0.2) is 55.8 Å². The summed E-state index contributed by atoms with van der Waals surface area (Å²) in [6.07, 6.45) is 5.45. The van der Waals surface area contributed by atoms with Gasteiger partial charge in [0, 0.05) is 38.3 Å². The molecule has 1 aromatic carbocycles. The van der Waals surface area contributed by atoms with Crippen molar-refractivity contribution in [2.24, 2.45) is 10.9 Å². The molecule has 1 aliphatic heterocycles. The number of guanidine groups is 1. The van der Waals surface area contributed by atoms with E-state index in [1.165, 1.54) is 6.42 Å². The Bertz CT molecular complexity index is 889. The van der Waals surface area contributed by atoms with Gasteiger partial charge in [-0.25, -0.2) is 8.42 Å². The molecule has 1 saturated heterocycles. The molecule has 0 radical (unpaired) electrons. The average molecular weight is 435 g/mol. The summed E-state index contributed by atoms with van der Waals surface area (Å²) in [7, 11) is -1.39. The molecule has 8 heteroatoms. The van der Waals surface area contributed by atoms with Crippen molar-refractivity contribution in [3.8, 4) is 0 Å². The van der Waals surface area contributed by atoms with Crippen LogP contribution < -0.4 is 10.6 Å². The summed E-state index contributed by atoms with van der Waals surface area (Å²) < 4.78 is 23.7. The quantitative estimate of drug-likeness (QED) is 0.562. The Kier molecular flexibility index (Phi) is 7.06. The third-order valence-corrected chi connectivity index (χ3v) is 8.71. The summed E-state index contributed by atoms with van der Waals surface area (Å²) in [4.78, 5) is 18.8. The van der Waals surface area contributed by atoms with E-state index in [9.17, 15) is 13.2 Å². The molecule has 1 saturated carbocycles. The van der Waals surface area contributed by atoms with E-state index in [0.29, 0.717) is 25.6 Å². The lowest BCUT2D eigenvalue weighted by Gasteiger charge is -2.39. The van der Waals surface area contributed by atoms with E-state index in [2.05, 4.69) is 15.6 Å². The summed E-state index contributed by atoms with van der Waals surface area (Å²) in [5.41, 5.74) is 1.84. The van der Waals surface area contributed by atoms with Crippen molar-refractivity contribution in [1.82, 2.24) is 10.2 Å². The lowest BCUT2D eigenvalue weighted by atomic mass is 9.88. The zero-order valence-corrected chi connectivity index (χ0v) is 19.1. The molecule has 7 nitrogen and oxygen atoms in total. The highest BCUT2D eigenvalue weighted by Crippen LogP contribution is 2.25. The summed E-state index contributed by atoms with van der Waals surface area (Å²) in [5, 5.41) is 6.40. The number of carbonyl (C=O) groups excluding carboxylic acids is 1. The number of carbonyl (C=O) groups is 1. The Morgan fingerprint density at radius 2 is 1.97 bits per heavy atom. The Labute approximate surface area is 180 Å². The number of nitrogens with one attached hydrogen (secondary N) is 2. The third kappa shape index (κ3) is 5.33. The fraction of sp³-hybridized carbons (Fsp3) is 0.636. The van der Waals surface area contributed by atoms with Gasteiger partial charge in [0.1, 0.15) is 0 Å². The summed E-state index contributed by atoms with van der Waals surface area (Å²) in [6, 6.07) is 7.83. The lowest BCUT2D eigenvalue weighted by molar-refractivity contribution is -0.120. The van der Waals surface area contributed by atoms with Crippen LogP contribution in [0.4, 0.5) is 5.69 Å². The van der Waals surface area contributed by atoms with Gasteiger partial charge in [0.2, 0.25) is 5.91 Å². The van der Waals surface area contributed by atoms with Crippen molar-refractivity contribution < 1.29 is 13.2 Å². The maximum absolute atomic E-state index is 12.5. The standard InChI is InChI=1S/C22H34N4O3S/c1-22(2)16-26(12-13-30(22,28)29)21(23-3)24-15-17-8-7-11-19(14-17)25-20(27)18-9-5-4-6-10-18/h7-8,11,14,18H,4-6,9-10,12-13,15-16H2,1-3H3,(H,23,24)(H,25,27). The first-order chi connectivity index (χ1) is 14.2. The van der Waals surface area contributed by atoms with Crippen molar-refractivity contribution in [2.45, 2.75) is 57.2 Å². The number of amides is 1. The normalized spacial score (nSPS) is 21.8. The molecule has 3 rings (SSSR count). The summed E-state index contributed by atoms with van der Waals surface area (Å²) >= 11 is 0. The smallest absolute Gasteiger partial charge is 0.227 e. The number of nitrogens with zero attached hydrogens (tertiary/aromatic N) is 2. The van der Waals surface area contributed by atoms with Gasteiger partial charge in [-0.15, -0.1) is 0 Å². The van der Waals surface area contributed by atoms with Gasteiger partial charge in [0.15, 0.2) is 15.8 Å². The monoisotopic (exact) mass is 434 g/mol. The number of rotatable bonds is 4. The summed E-state index contributed by atoms with van der Waals surface area (Å²) in [5.74, 6) is 1.06. The lowest BCUT2D eigenvalue weighted by Crippen LogP contribution is -2.57. The Hall–Kier alpha value is -2.09. The number of aliphatic imine (C=N–C) groups is 1. The largest absolute Gasteiger partial charge is 0.352 e. The minimum absolute atomic E-state index is 0.118. The highest BCUT2D eigenvalue weighted by atomic mass is 32.2. The van der Waals surface area contributed by atoms with Crippen LogP contribution in [0.2, 0.25) is 0 Å². The molecular formula is C22H34N4O3S. The van der Waals surface area contributed by atoms with E-state index in [0.717, 1.165) is 36.9 Å². The van der Waals surface area contributed by atoms with Crippen LogP contribution in [0.3, 0.4) is 0 Å². The number of hydrogen-bond acceptors (Lipinski definition) is 4. The fourth-order valence-corrected chi connectivity index (χ4v) is 5.57. The number of benzene rings is 1. The first kappa shape index (κ1) is 22.6. The zero-order valence-electron chi connectivity index (χ0n) is 18.3. The first-order valence-electron chi connectivity index (χ1n) is 10.8. The van der Waals surface area contributed by atoms with Crippen LogP contribution in [-0.2, 0) is 21.2 Å². The number of hydrogen-bond donors (Lipinski definition) is 2. The second-order valence-electron chi connectivity index (χ2n) is 8.93. The molecular weight excluding hydrogens is 400 g/mol. The maximum atomic E-state index is 12.5. The molecule has 1 amide bonds. The van der Waals surface area contributed by atoms with Crippen LogP contribution >= 0.6 is 0 Å². The van der Waals surface area contributed by atoms with E-state index >= 15 is 0 Å². The van der Waals surface area contributed by atoms with Gasteiger partial charge in [0.05, 0.1) is 10.5 Å². The highest BCUT2D eigenvalue weighted by molar-refractivity contribution is 7.92. The van der Waals surface area contributed by atoms with Crippen molar-refractivity contribution in [2.75, 3.05) is 31.2 Å². The van der Waals surface area contributed by atoms with Crippen molar-refractivity contribution in [3.05, 3.63) is 29.8 Å². The zero-order chi connectivity index (χ0) is 21.8. The minimum atomic E-state index is -3.09. The van der Waals surface area contributed by atoms with Crippen LogP contribution in [0.1, 0.15) is 51.5 Å². The molecule has 1 aromatic rings. The maximum Gasteiger partial charge on any atom is 0.227 e. The van der Waals surface area contributed by atoms with Crippen molar-refractivity contribution >= 4 is 27.4 Å². The Morgan fingerprint density at radius 3 is 2.63 bits per heavy atom. The molecule has 1 heterocycles. The van der Waals surface area contributed by atoms with E-state index in [4.69, 9.17) is 0 Å². The van der Waals surface area contributed by atoms with Gasteiger partial charge >= 0.3 is 0 Å². The predicted octanol–water partition coefficient (Wildman–Crippen LogP) is 2.79. The van der Waals surface area contributed by atoms with Crippen molar-refractivity contribution in [1.29, 1.82) is 0 Å². The fourth-order valence-electron chi connectivity index (χ4n) is 4.21. The van der Waals surface area contributed by atoms with Crippen LogP contribution in [0.15, 0.2) is 29.3 Å². The first-order valence-corrected chi connectivity index (χ1v) is 12.4.